The predicted octanol–water partition coefficient (Wildman–Crippen LogP) is 0.950. The van der Waals surface area contributed by atoms with Gasteiger partial charge in [-0.05, 0) is 18.1 Å². The molecule has 28 heavy (non-hydrogen) atoms. The fourth-order valence-electron chi connectivity index (χ4n) is 2.97. The molecule has 154 valence electrons. The van der Waals surface area contributed by atoms with E-state index in [1.54, 1.807) is 0 Å². The van der Waals surface area contributed by atoms with Gasteiger partial charge in [-0.25, -0.2) is 28.0 Å². The molecule has 1 aliphatic heterocycles. The number of nitrogens with two attached hydrogens (primary N) is 1. The van der Waals surface area contributed by atoms with Crippen LogP contribution in [0.5, 0.6) is 0 Å². The van der Waals surface area contributed by atoms with Crippen molar-refractivity contribution in [3.05, 3.63) is 35.1 Å². The van der Waals surface area contributed by atoms with E-state index in [0.717, 1.165) is 14.9 Å². The Labute approximate surface area is 159 Å². The molecule has 0 aromatic heterocycles. The van der Waals surface area contributed by atoms with Crippen molar-refractivity contribution in [1.82, 2.24) is 14.9 Å². The minimum absolute atomic E-state index is 0.000410. The van der Waals surface area contributed by atoms with E-state index in [1.807, 2.05) is 0 Å². The van der Waals surface area contributed by atoms with Crippen LogP contribution in [-0.2, 0) is 16.0 Å². The van der Waals surface area contributed by atoms with Crippen molar-refractivity contribution < 1.29 is 32.7 Å². The molecule has 0 aliphatic carbocycles. The summed E-state index contributed by atoms with van der Waals surface area (Å²) in [5.41, 5.74) is 5.70. The lowest BCUT2D eigenvalue weighted by Crippen LogP contribution is -2.50. The lowest BCUT2D eigenvalue weighted by Gasteiger charge is -2.32. The lowest BCUT2D eigenvalue weighted by atomic mass is 10.0. The summed E-state index contributed by atoms with van der Waals surface area (Å²) in [5, 5.41) is 11.3. The standard InChI is InChI=1S/C17H21F3N4O4/c1-10(25)23-4-2-22(17(27)28)3-5-24(23)16(26)8-12(21)6-11-7-14(19)15(20)9-13(11)18/h7,9,12H,2-6,8,21H2,1H3,(H,27,28)/t12-/m1/s1. The van der Waals surface area contributed by atoms with E-state index in [2.05, 4.69) is 0 Å². The number of hydrogen-bond donors (Lipinski definition) is 2. The molecule has 0 radical (unpaired) electrons. The van der Waals surface area contributed by atoms with Crippen molar-refractivity contribution in [3.63, 3.8) is 0 Å². The van der Waals surface area contributed by atoms with Gasteiger partial charge in [0.25, 0.3) is 0 Å². The molecule has 3 N–H and O–H groups in total. The quantitative estimate of drug-likeness (QED) is 0.730. The Hall–Kier alpha value is -2.82. The number of carboxylic acid groups (broad SMARTS) is 1. The molecule has 1 saturated heterocycles. The number of carbonyl (C=O) groups is 3. The molecule has 2 rings (SSSR count). The van der Waals surface area contributed by atoms with Crippen LogP contribution in [0, 0.1) is 17.5 Å². The fourth-order valence-corrected chi connectivity index (χ4v) is 2.97. The normalized spacial score (nSPS) is 16.0. The zero-order chi connectivity index (χ0) is 21.0. The van der Waals surface area contributed by atoms with Crippen LogP contribution in [0.4, 0.5) is 18.0 Å². The summed E-state index contributed by atoms with van der Waals surface area (Å²) in [4.78, 5) is 36.7. The van der Waals surface area contributed by atoms with Crippen LogP contribution in [0.25, 0.3) is 0 Å². The van der Waals surface area contributed by atoms with Crippen molar-refractivity contribution in [3.8, 4) is 0 Å². The van der Waals surface area contributed by atoms with Crippen molar-refractivity contribution in [2.45, 2.75) is 25.8 Å². The molecule has 0 saturated carbocycles. The minimum Gasteiger partial charge on any atom is -0.465 e. The van der Waals surface area contributed by atoms with Crippen molar-refractivity contribution in [2.24, 2.45) is 5.73 Å². The summed E-state index contributed by atoms with van der Waals surface area (Å²) in [7, 11) is 0. The average molecular weight is 402 g/mol. The van der Waals surface area contributed by atoms with E-state index in [9.17, 15) is 27.6 Å². The maximum absolute atomic E-state index is 13.8. The summed E-state index contributed by atoms with van der Waals surface area (Å²) in [6.07, 6.45) is -1.68. The molecule has 1 fully saturated rings. The van der Waals surface area contributed by atoms with Crippen LogP contribution in [0.1, 0.15) is 18.9 Å². The topological polar surface area (TPSA) is 107 Å². The van der Waals surface area contributed by atoms with Gasteiger partial charge in [0.2, 0.25) is 11.8 Å². The zero-order valence-electron chi connectivity index (χ0n) is 15.2. The Balaban J connectivity index is 2.07. The lowest BCUT2D eigenvalue weighted by molar-refractivity contribution is -0.161. The highest BCUT2D eigenvalue weighted by molar-refractivity contribution is 5.81. The highest BCUT2D eigenvalue weighted by Crippen LogP contribution is 2.17. The van der Waals surface area contributed by atoms with Crippen molar-refractivity contribution in [2.75, 3.05) is 26.2 Å². The number of benzene rings is 1. The maximum Gasteiger partial charge on any atom is 0.407 e. The van der Waals surface area contributed by atoms with Crippen LogP contribution in [0.2, 0.25) is 0 Å². The molecule has 1 aliphatic rings. The van der Waals surface area contributed by atoms with Crippen LogP contribution in [-0.4, -0.2) is 70.2 Å². The number of rotatable bonds is 4. The highest BCUT2D eigenvalue weighted by Gasteiger charge is 2.30. The second-order valence-electron chi connectivity index (χ2n) is 6.45. The van der Waals surface area contributed by atoms with Gasteiger partial charge in [0.15, 0.2) is 11.6 Å². The molecule has 0 bridgehead atoms. The first-order valence-electron chi connectivity index (χ1n) is 8.55. The molecular weight excluding hydrogens is 381 g/mol. The first-order valence-corrected chi connectivity index (χ1v) is 8.55. The monoisotopic (exact) mass is 402 g/mol. The third-order valence-corrected chi connectivity index (χ3v) is 4.38. The number of halogens is 3. The minimum atomic E-state index is -1.32. The molecule has 8 nitrogen and oxygen atoms in total. The Morgan fingerprint density at radius 2 is 1.61 bits per heavy atom. The molecule has 0 unspecified atom stereocenters. The van der Waals surface area contributed by atoms with Gasteiger partial charge in [-0.3, -0.25) is 9.59 Å². The molecule has 3 amide bonds. The largest absolute Gasteiger partial charge is 0.465 e. The van der Waals surface area contributed by atoms with Crippen molar-refractivity contribution in [1.29, 1.82) is 0 Å². The summed E-state index contributed by atoms with van der Waals surface area (Å²) in [6, 6.07) is 0.180. The van der Waals surface area contributed by atoms with Gasteiger partial charge < -0.3 is 15.7 Å². The van der Waals surface area contributed by atoms with Gasteiger partial charge in [0.05, 0.1) is 13.1 Å². The van der Waals surface area contributed by atoms with Crippen LogP contribution in [0.3, 0.4) is 0 Å². The SMILES string of the molecule is CC(=O)N1CCN(C(=O)O)CCN1C(=O)C[C@H](N)Cc1cc(F)c(F)cc1F. The highest BCUT2D eigenvalue weighted by atomic mass is 19.2. The Morgan fingerprint density at radius 3 is 2.18 bits per heavy atom. The molecule has 1 aromatic carbocycles. The predicted molar refractivity (Wildman–Crippen MR) is 91.3 cm³/mol. The van der Waals surface area contributed by atoms with E-state index >= 15 is 0 Å². The molecule has 1 heterocycles. The number of hydrazine groups is 1. The second-order valence-corrected chi connectivity index (χ2v) is 6.45. The van der Waals surface area contributed by atoms with Gasteiger partial charge >= 0.3 is 6.09 Å². The first-order chi connectivity index (χ1) is 13.1. The third-order valence-electron chi connectivity index (χ3n) is 4.38. The third kappa shape index (κ3) is 5.12. The van der Waals surface area contributed by atoms with Crippen LogP contribution >= 0.6 is 0 Å². The van der Waals surface area contributed by atoms with E-state index in [0.29, 0.717) is 12.1 Å². The summed E-state index contributed by atoms with van der Waals surface area (Å²) < 4.78 is 40.1. The van der Waals surface area contributed by atoms with Gasteiger partial charge in [0.1, 0.15) is 5.82 Å². The van der Waals surface area contributed by atoms with Gasteiger partial charge in [-0.15, -0.1) is 0 Å². The Bertz CT molecular complexity index is 777. The van der Waals surface area contributed by atoms with Crippen LogP contribution < -0.4 is 5.73 Å². The molecule has 0 spiro atoms. The first kappa shape index (κ1) is 21.5. The number of hydrogen-bond acceptors (Lipinski definition) is 4. The van der Waals surface area contributed by atoms with E-state index in [-0.39, 0.29) is 44.6 Å². The summed E-state index contributed by atoms with van der Waals surface area (Å²) in [5.74, 6) is -4.52. The fraction of sp³-hybridized carbons (Fsp3) is 0.471. The maximum atomic E-state index is 13.8. The Kier molecular flexibility index (Phi) is 6.84. The van der Waals surface area contributed by atoms with E-state index in [4.69, 9.17) is 10.8 Å². The van der Waals surface area contributed by atoms with Crippen LogP contribution in [0.15, 0.2) is 12.1 Å². The number of nitrogens with zero attached hydrogens (tertiary/aromatic N) is 3. The number of carbonyl (C=O) groups excluding carboxylic acids is 2. The van der Waals surface area contributed by atoms with Crippen molar-refractivity contribution >= 4 is 17.9 Å². The molecule has 1 atom stereocenters. The second kappa shape index (κ2) is 8.91. The Morgan fingerprint density at radius 1 is 1.04 bits per heavy atom. The average Bonchev–Trinajstić information content (AvgIpc) is 2.82. The van der Waals surface area contributed by atoms with E-state index < -0.39 is 41.4 Å². The molecule has 1 aromatic rings. The molecule has 11 heteroatoms. The van der Waals surface area contributed by atoms with Gasteiger partial charge in [-0.2, -0.15) is 0 Å². The van der Waals surface area contributed by atoms with E-state index in [1.165, 1.54) is 6.92 Å². The smallest absolute Gasteiger partial charge is 0.407 e. The summed E-state index contributed by atoms with van der Waals surface area (Å²) in [6.45, 7) is 1.26. The molecular formula is C17H21F3N4O4. The number of amides is 3. The van der Waals surface area contributed by atoms with Gasteiger partial charge in [-0.1, -0.05) is 0 Å². The van der Waals surface area contributed by atoms with Gasteiger partial charge in [0, 0.05) is 38.5 Å². The summed E-state index contributed by atoms with van der Waals surface area (Å²) >= 11 is 0. The zero-order valence-corrected chi connectivity index (χ0v) is 15.2.